The SMILES string of the molecule is CCN(CCOC)c1nc2sccn2c1C(=O)O. The number of fused-ring (bicyclic) bond motifs is 1. The Hall–Kier alpha value is -1.60. The molecule has 2 rings (SSSR count). The topological polar surface area (TPSA) is 67.1 Å². The summed E-state index contributed by atoms with van der Waals surface area (Å²) in [7, 11) is 1.62. The van der Waals surface area contributed by atoms with Crippen LogP contribution in [0.4, 0.5) is 5.82 Å². The van der Waals surface area contributed by atoms with E-state index >= 15 is 0 Å². The molecule has 1 N–H and O–H groups in total. The average molecular weight is 269 g/mol. The summed E-state index contributed by atoms with van der Waals surface area (Å²) < 4.78 is 6.64. The van der Waals surface area contributed by atoms with Crippen molar-refractivity contribution in [2.45, 2.75) is 6.92 Å². The number of carboxylic acid groups (broad SMARTS) is 1. The molecule has 0 aliphatic rings. The molecule has 6 nitrogen and oxygen atoms in total. The molecule has 2 aromatic heterocycles. The molecule has 2 aromatic rings. The third kappa shape index (κ3) is 2.19. The van der Waals surface area contributed by atoms with Crippen LogP contribution in [0.15, 0.2) is 11.6 Å². The van der Waals surface area contributed by atoms with Crippen LogP contribution >= 0.6 is 11.3 Å². The van der Waals surface area contributed by atoms with Gasteiger partial charge in [-0.15, -0.1) is 11.3 Å². The first-order chi connectivity index (χ1) is 8.69. The zero-order valence-electron chi connectivity index (χ0n) is 10.3. The number of aromatic nitrogens is 2. The van der Waals surface area contributed by atoms with E-state index < -0.39 is 5.97 Å². The van der Waals surface area contributed by atoms with Crippen molar-refractivity contribution in [2.75, 3.05) is 31.7 Å². The van der Waals surface area contributed by atoms with Gasteiger partial charge >= 0.3 is 5.97 Å². The third-order valence-corrected chi connectivity index (χ3v) is 3.45. The number of carbonyl (C=O) groups is 1. The Balaban J connectivity index is 2.44. The van der Waals surface area contributed by atoms with Crippen LogP contribution in [0.2, 0.25) is 0 Å². The lowest BCUT2D eigenvalue weighted by Gasteiger charge is -2.20. The Kier molecular flexibility index (Phi) is 3.83. The van der Waals surface area contributed by atoms with Gasteiger partial charge < -0.3 is 14.7 Å². The Bertz CT molecular complexity index is 549. The summed E-state index contributed by atoms with van der Waals surface area (Å²) in [6, 6.07) is 0. The average Bonchev–Trinajstić information content (AvgIpc) is 2.89. The number of hydrogen-bond acceptors (Lipinski definition) is 5. The van der Waals surface area contributed by atoms with Crippen LogP contribution in [0.5, 0.6) is 0 Å². The number of hydrogen-bond donors (Lipinski definition) is 1. The maximum absolute atomic E-state index is 11.4. The number of methoxy groups -OCH3 is 1. The van der Waals surface area contributed by atoms with E-state index in [0.29, 0.717) is 30.5 Å². The van der Waals surface area contributed by atoms with Crippen molar-refractivity contribution in [3.8, 4) is 0 Å². The van der Waals surface area contributed by atoms with Gasteiger partial charge in [-0.25, -0.2) is 9.78 Å². The number of aromatic carboxylic acids is 1. The Morgan fingerprint density at radius 1 is 1.67 bits per heavy atom. The lowest BCUT2D eigenvalue weighted by molar-refractivity contribution is 0.0690. The second-order valence-corrected chi connectivity index (χ2v) is 4.59. The highest BCUT2D eigenvalue weighted by atomic mass is 32.1. The molecule has 18 heavy (non-hydrogen) atoms. The van der Waals surface area contributed by atoms with Crippen molar-refractivity contribution in [3.05, 3.63) is 17.3 Å². The molecule has 0 aromatic carbocycles. The number of thiazole rings is 1. The van der Waals surface area contributed by atoms with E-state index in [0.717, 1.165) is 0 Å². The van der Waals surface area contributed by atoms with Crippen LogP contribution in [-0.2, 0) is 4.74 Å². The van der Waals surface area contributed by atoms with E-state index in [4.69, 9.17) is 4.74 Å². The molecule has 0 fully saturated rings. The summed E-state index contributed by atoms with van der Waals surface area (Å²) in [5.41, 5.74) is 0.212. The van der Waals surface area contributed by atoms with Crippen LogP contribution in [0, 0.1) is 0 Å². The van der Waals surface area contributed by atoms with Crippen molar-refractivity contribution in [1.29, 1.82) is 0 Å². The molecule has 0 saturated heterocycles. The van der Waals surface area contributed by atoms with E-state index in [2.05, 4.69) is 4.98 Å². The first-order valence-electron chi connectivity index (χ1n) is 5.61. The second-order valence-electron chi connectivity index (χ2n) is 3.72. The van der Waals surface area contributed by atoms with E-state index in [-0.39, 0.29) is 5.69 Å². The molecule has 0 bridgehead atoms. The molecule has 0 aliphatic heterocycles. The molecule has 0 amide bonds. The van der Waals surface area contributed by atoms with Gasteiger partial charge in [0.2, 0.25) is 0 Å². The van der Waals surface area contributed by atoms with E-state index in [1.54, 1.807) is 17.7 Å². The van der Waals surface area contributed by atoms with Crippen molar-refractivity contribution in [1.82, 2.24) is 9.38 Å². The molecule has 0 spiro atoms. The van der Waals surface area contributed by atoms with E-state index in [1.807, 2.05) is 17.2 Å². The summed E-state index contributed by atoms with van der Waals surface area (Å²) >= 11 is 1.42. The molecule has 0 saturated carbocycles. The highest BCUT2D eigenvalue weighted by Gasteiger charge is 2.22. The first-order valence-corrected chi connectivity index (χ1v) is 6.49. The normalized spacial score (nSPS) is 11.0. The van der Waals surface area contributed by atoms with E-state index in [1.165, 1.54) is 11.3 Å². The first kappa shape index (κ1) is 12.8. The summed E-state index contributed by atoms with van der Waals surface area (Å²) in [4.78, 5) is 18.4. The van der Waals surface area contributed by atoms with Crippen molar-refractivity contribution in [2.24, 2.45) is 0 Å². The summed E-state index contributed by atoms with van der Waals surface area (Å²) in [5.74, 6) is -0.458. The minimum atomic E-state index is -0.966. The summed E-state index contributed by atoms with van der Waals surface area (Å²) in [6.07, 6.45) is 1.73. The molecular weight excluding hydrogens is 254 g/mol. The zero-order chi connectivity index (χ0) is 13.1. The predicted molar refractivity (Wildman–Crippen MR) is 69.8 cm³/mol. The van der Waals surface area contributed by atoms with Crippen molar-refractivity contribution >= 4 is 28.1 Å². The molecular formula is C11H15N3O3S. The van der Waals surface area contributed by atoms with Crippen LogP contribution in [-0.4, -0.2) is 47.3 Å². The standard InChI is InChI=1S/C11H15N3O3S/c1-3-13(4-6-17-2)9-8(10(15)16)14-5-7-18-11(14)12-9/h5,7H,3-4,6H2,1-2H3,(H,15,16). The highest BCUT2D eigenvalue weighted by molar-refractivity contribution is 7.15. The van der Waals surface area contributed by atoms with Crippen molar-refractivity contribution in [3.63, 3.8) is 0 Å². The monoisotopic (exact) mass is 269 g/mol. The van der Waals surface area contributed by atoms with Gasteiger partial charge in [0.15, 0.2) is 16.5 Å². The Morgan fingerprint density at radius 3 is 3.06 bits per heavy atom. The van der Waals surface area contributed by atoms with Gasteiger partial charge in [-0.3, -0.25) is 4.40 Å². The van der Waals surface area contributed by atoms with Gasteiger partial charge in [0.05, 0.1) is 6.61 Å². The Morgan fingerprint density at radius 2 is 2.44 bits per heavy atom. The number of likely N-dealkylation sites (N-methyl/N-ethyl adjacent to an activating group) is 1. The summed E-state index contributed by atoms with van der Waals surface area (Å²) in [5, 5.41) is 11.2. The fraction of sp³-hybridized carbons (Fsp3) is 0.455. The van der Waals surface area contributed by atoms with Crippen LogP contribution < -0.4 is 4.90 Å². The fourth-order valence-corrected chi connectivity index (χ4v) is 2.52. The van der Waals surface area contributed by atoms with Gasteiger partial charge in [-0.2, -0.15) is 0 Å². The van der Waals surface area contributed by atoms with Crippen LogP contribution in [0.3, 0.4) is 0 Å². The van der Waals surface area contributed by atoms with Gasteiger partial charge in [0, 0.05) is 31.8 Å². The fourth-order valence-electron chi connectivity index (χ4n) is 1.81. The van der Waals surface area contributed by atoms with Gasteiger partial charge in [0.25, 0.3) is 0 Å². The Labute approximate surface area is 108 Å². The number of carboxylic acids is 1. The van der Waals surface area contributed by atoms with Crippen LogP contribution in [0.1, 0.15) is 17.4 Å². The molecule has 0 unspecified atom stereocenters. The largest absolute Gasteiger partial charge is 0.476 e. The minimum Gasteiger partial charge on any atom is -0.476 e. The lowest BCUT2D eigenvalue weighted by Crippen LogP contribution is -2.28. The molecule has 0 radical (unpaired) electrons. The van der Waals surface area contributed by atoms with Crippen LogP contribution in [0.25, 0.3) is 4.96 Å². The third-order valence-electron chi connectivity index (χ3n) is 2.69. The maximum atomic E-state index is 11.4. The molecule has 0 atom stereocenters. The number of imidazole rings is 1. The number of anilines is 1. The quantitative estimate of drug-likeness (QED) is 0.862. The number of rotatable bonds is 6. The second kappa shape index (κ2) is 5.36. The molecule has 7 heteroatoms. The smallest absolute Gasteiger partial charge is 0.356 e. The molecule has 0 aliphatic carbocycles. The number of nitrogens with zero attached hydrogens (tertiary/aromatic N) is 3. The molecule has 2 heterocycles. The van der Waals surface area contributed by atoms with Gasteiger partial charge in [-0.05, 0) is 6.92 Å². The maximum Gasteiger partial charge on any atom is 0.356 e. The lowest BCUT2D eigenvalue weighted by atomic mass is 10.3. The van der Waals surface area contributed by atoms with E-state index in [9.17, 15) is 9.90 Å². The predicted octanol–water partition coefficient (Wildman–Crippen LogP) is 1.57. The van der Waals surface area contributed by atoms with Gasteiger partial charge in [0.1, 0.15) is 0 Å². The summed E-state index contributed by atoms with van der Waals surface area (Å²) in [6.45, 7) is 3.82. The minimum absolute atomic E-state index is 0.212. The molecule has 98 valence electrons. The highest BCUT2D eigenvalue weighted by Crippen LogP contribution is 2.24. The number of ether oxygens (including phenoxy) is 1. The van der Waals surface area contributed by atoms with Gasteiger partial charge in [-0.1, -0.05) is 0 Å². The zero-order valence-corrected chi connectivity index (χ0v) is 11.1. The van der Waals surface area contributed by atoms with Crippen molar-refractivity contribution < 1.29 is 14.6 Å².